The molecule has 0 aliphatic rings. The van der Waals surface area contributed by atoms with Crippen LogP contribution < -0.4 is 11.1 Å². The number of nitrogens with one attached hydrogen (secondary N) is 1. The van der Waals surface area contributed by atoms with Gasteiger partial charge in [-0.15, -0.1) is 0 Å². The summed E-state index contributed by atoms with van der Waals surface area (Å²) in [5.74, 6) is -0.996. The number of anilines is 1. The molecule has 122 valence electrons. The summed E-state index contributed by atoms with van der Waals surface area (Å²) in [6.45, 7) is 0. The van der Waals surface area contributed by atoms with E-state index in [-0.39, 0.29) is 12.3 Å². The molecular weight excluding hydrogens is 395 g/mol. The first kappa shape index (κ1) is 18.9. The zero-order chi connectivity index (χ0) is 16.4. The molecule has 1 aromatic carbocycles. The van der Waals surface area contributed by atoms with E-state index in [4.69, 9.17) is 10.8 Å². The number of unbranched alkanes of at least 4 members (excludes halogenated alkanes) is 3. The van der Waals surface area contributed by atoms with Crippen molar-refractivity contribution >= 4 is 40.2 Å². The maximum absolute atomic E-state index is 11.8. The minimum absolute atomic E-state index is 0.0180. The molecule has 4 N–H and O–H groups in total. The van der Waals surface area contributed by atoms with Gasteiger partial charge in [-0.05, 0) is 41.4 Å². The van der Waals surface area contributed by atoms with Gasteiger partial charge >= 0.3 is 5.97 Å². The summed E-state index contributed by atoms with van der Waals surface area (Å²) < 4.78 is 1.17. The van der Waals surface area contributed by atoms with Crippen molar-refractivity contribution < 1.29 is 14.7 Å². The Bertz CT molecular complexity index is 477. The zero-order valence-electron chi connectivity index (χ0n) is 12.6. The molecule has 5 nitrogen and oxygen atoms in total. The van der Waals surface area contributed by atoms with Crippen molar-refractivity contribution in [2.75, 3.05) is 9.74 Å². The number of carbonyl (C=O) groups excluding carboxylic acids is 1. The predicted molar refractivity (Wildman–Crippen MR) is 96.4 cm³/mol. The molecular formula is C16H23IN2O3. The van der Waals surface area contributed by atoms with Crippen LogP contribution in [0, 0.1) is 0 Å². The number of halogens is 1. The highest BCUT2D eigenvalue weighted by Crippen LogP contribution is 2.12. The summed E-state index contributed by atoms with van der Waals surface area (Å²) in [7, 11) is 0. The number of hydrogen-bond acceptors (Lipinski definition) is 3. The lowest BCUT2D eigenvalue weighted by Gasteiger charge is -2.08. The smallest absolute Gasteiger partial charge is 0.320 e. The van der Waals surface area contributed by atoms with Crippen molar-refractivity contribution in [1.82, 2.24) is 0 Å². The SMILES string of the molecule is N[C@@H](Cc1ccc(NC(=O)CCCCCCI)cc1)C(=O)O. The molecule has 0 bridgehead atoms. The lowest BCUT2D eigenvalue weighted by atomic mass is 10.1. The highest BCUT2D eigenvalue weighted by Gasteiger charge is 2.11. The number of aliphatic carboxylic acids is 1. The summed E-state index contributed by atoms with van der Waals surface area (Å²) in [6.07, 6.45) is 5.20. The first-order valence-electron chi connectivity index (χ1n) is 7.46. The number of benzene rings is 1. The third-order valence-corrected chi connectivity index (χ3v) is 4.06. The lowest BCUT2D eigenvalue weighted by molar-refractivity contribution is -0.138. The molecule has 0 aromatic heterocycles. The fourth-order valence-electron chi connectivity index (χ4n) is 2.02. The van der Waals surface area contributed by atoms with Gasteiger partial charge in [0.25, 0.3) is 0 Å². The molecule has 0 saturated heterocycles. The van der Waals surface area contributed by atoms with Gasteiger partial charge in [-0.1, -0.05) is 47.6 Å². The Morgan fingerprint density at radius 2 is 1.77 bits per heavy atom. The van der Waals surface area contributed by atoms with Crippen LogP contribution >= 0.6 is 22.6 Å². The zero-order valence-corrected chi connectivity index (χ0v) is 14.7. The van der Waals surface area contributed by atoms with Gasteiger partial charge in [-0.2, -0.15) is 0 Å². The molecule has 22 heavy (non-hydrogen) atoms. The van der Waals surface area contributed by atoms with Crippen LogP contribution in [0.2, 0.25) is 0 Å². The Kier molecular flexibility index (Phi) is 9.07. The van der Waals surface area contributed by atoms with Gasteiger partial charge in [0, 0.05) is 12.1 Å². The van der Waals surface area contributed by atoms with Crippen LogP contribution in [0.15, 0.2) is 24.3 Å². The van der Waals surface area contributed by atoms with Gasteiger partial charge in [0.15, 0.2) is 0 Å². The Hall–Kier alpha value is -1.15. The number of carboxylic acids is 1. The van der Waals surface area contributed by atoms with E-state index in [0.717, 1.165) is 24.1 Å². The van der Waals surface area contributed by atoms with Gasteiger partial charge < -0.3 is 16.2 Å². The second-order valence-electron chi connectivity index (χ2n) is 5.25. The standard InChI is InChI=1S/C16H23IN2O3/c17-10-4-2-1-3-5-15(20)19-13-8-6-12(7-9-13)11-14(18)16(21)22/h6-9,14H,1-5,10-11,18H2,(H,19,20)(H,21,22)/t14-/m0/s1. The minimum Gasteiger partial charge on any atom is -0.480 e. The fourth-order valence-corrected chi connectivity index (χ4v) is 2.56. The van der Waals surface area contributed by atoms with E-state index < -0.39 is 12.0 Å². The van der Waals surface area contributed by atoms with Crippen molar-refractivity contribution in [1.29, 1.82) is 0 Å². The van der Waals surface area contributed by atoms with Crippen LogP contribution in [-0.4, -0.2) is 27.5 Å². The number of amides is 1. The summed E-state index contributed by atoms with van der Waals surface area (Å²) in [5, 5.41) is 11.6. The molecule has 0 spiro atoms. The molecule has 0 unspecified atom stereocenters. The average molecular weight is 418 g/mol. The Labute approximate surface area is 144 Å². The average Bonchev–Trinajstić information content (AvgIpc) is 2.49. The third kappa shape index (κ3) is 7.74. The quantitative estimate of drug-likeness (QED) is 0.310. The van der Waals surface area contributed by atoms with Crippen molar-refractivity contribution in [2.45, 2.75) is 44.6 Å². The largest absolute Gasteiger partial charge is 0.480 e. The molecule has 6 heteroatoms. The monoisotopic (exact) mass is 418 g/mol. The maximum Gasteiger partial charge on any atom is 0.320 e. The Morgan fingerprint density at radius 1 is 1.14 bits per heavy atom. The Balaban J connectivity index is 2.34. The molecule has 1 rings (SSSR count). The Morgan fingerprint density at radius 3 is 2.36 bits per heavy atom. The van der Waals surface area contributed by atoms with E-state index in [2.05, 4.69) is 27.9 Å². The van der Waals surface area contributed by atoms with Crippen LogP contribution in [-0.2, 0) is 16.0 Å². The van der Waals surface area contributed by atoms with Gasteiger partial charge in [0.1, 0.15) is 6.04 Å². The third-order valence-electron chi connectivity index (χ3n) is 3.30. The molecule has 0 aliphatic heterocycles. The van der Waals surface area contributed by atoms with Gasteiger partial charge in [-0.25, -0.2) is 0 Å². The second kappa shape index (κ2) is 10.6. The number of rotatable bonds is 10. The number of hydrogen-bond donors (Lipinski definition) is 3. The van der Waals surface area contributed by atoms with Gasteiger partial charge in [-0.3, -0.25) is 9.59 Å². The molecule has 1 atom stereocenters. The summed E-state index contributed by atoms with van der Waals surface area (Å²) >= 11 is 2.36. The molecule has 0 fully saturated rings. The molecule has 1 amide bonds. The number of carboxylic acid groups (broad SMARTS) is 1. The van der Waals surface area contributed by atoms with Crippen molar-refractivity contribution in [3.8, 4) is 0 Å². The van der Waals surface area contributed by atoms with Crippen LogP contribution in [0.4, 0.5) is 5.69 Å². The van der Waals surface area contributed by atoms with Crippen molar-refractivity contribution in [3.05, 3.63) is 29.8 Å². The summed E-state index contributed by atoms with van der Waals surface area (Å²) in [4.78, 5) is 22.5. The molecule has 0 aliphatic carbocycles. The lowest BCUT2D eigenvalue weighted by Crippen LogP contribution is -2.32. The maximum atomic E-state index is 11.8. The van der Waals surface area contributed by atoms with E-state index in [1.165, 1.54) is 17.3 Å². The summed E-state index contributed by atoms with van der Waals surface area (Å²) in [5.41, 5.74) is 7.05. The van der Waals surface area contributed by atoms with E-state index in [1.807, 2.05) is 0 Å². The van der Waals surface area contributed by atoms with Crippen LogP contribution in [0.5, 0.6) is 0 Å². The van der Waals surface area contributed by atoms with Crippen LogP contribution in [0.25, 0.3) is 0 Å². The summed E-state index contributed by atoms with van der Waals surface area (Å²) in [6, 6.07) is 6.23. The van der Waals surface area contributed by atoms with Gasteiger partial charge in [0.05, 0.1) is 0 Å². The van der Waals surface area contributed by atoms with Crippen LogP contribution in [0.1, 0.15) is 37.7 Å². The van der Waals surface area contributed by atoms with Crippen molar-refractivity contribution in [3.63, 3.8) is 0 Å². The molecule has 1 aromatic rings. The number of nitrogens with two attached hydrogens (primary N) is 1. The number of carbonyl (C=O) groups is 2. The highest BCUT2D eigenvalue weighted by atomic mass is 127. The topological polar surface area (TPSA) is 92.4 Å². The minimum atomic E-state index is -1.01. The number of alkyl halides is 1. The van der Waals surface area contributed by atoms with E-state index in [1.54, 1.807) is 24.3 Å². The molecule has 0 heterocycles. The normalized spacial score (nSPS) is 11.9. The fraction of sp³-hybridized carbons (Fsp3) is 0.500. The molecule has 0 radical (unpaired) electrons. The van der Waals surface area contributed by atoms with Gasteiger partial charge in [0.2, 0.25) is 5.91 Å². The van der Waals surface area contributed by atoms with Crippen molar-refractivity contribution in [2.24, 2.45) is 5.73 Å². The first-order chi connectivity index (χ1) is 10.5. The van der Waals surface area contributed by atoms with E-state index in [9.17, 15) is 9.59 Å². The predicted octanol–water partition coefficient (Wildman–Crippen LogP) is 2.97. The van der Waals surface area contributed by atoms with E-state index in [0.29, 0.717) is 6.42 Å². The highest BCUT2D eigenvalue weighted by molar-refractivity contribution is 14.1. The van der Waals surface area contributed by atoms with Crippen LogP contribution in [0.3, 0.4) is 0 Å². The molecule has 0 saturated carbocycles. The second-order valence-corrected chi connectivity index (χ2v) is 6.33. The first-order valence-corrected chi connectivity index (χ1v) is 8.98. The van der Waals surface area contributed by atoms with E-state index >= 15 is 0 Å².